The van der Waals surface area contributed by atoms with Gasteiger partial charge in [-0.2, -0.15) is 9.97 Å². The number of rotatable bonds is 6. The van der Waals surface area contributed by atoms with Crippen LogP contribution in [0.1, 0.15) is 0 Å². The average molecular weight is 546 g/mol. The van der Waals surface area contributed by atoms with E-state index in [2.05, 4.69) is 9.97 Å². The molecule has 13 nitrogen and oxygen atoms in total. The standard InChI is InChI=1S/C24H27N5O8S/c1-34-19-11-15-16(12-20(19)35-2)26-24(27-22(15)25)29(14-38(31,32)33)9-7-28(8-10-29)23(30)21-13-36-17-5-3-4-6-18(17)37-21/h3-6,11-12,21H,7-10,13-14H2,1-2H3,(H2-,25,26,27,31,32,33). The number of para-hydroxylation sites is 2. The van der Waals surface area contributed by atoms with Gasteiger partial charge in [0.2, 0.25) is 6.10 Å². The van der Waals surface area contributed by atoms with Gasteiger partial charge in [0.1, 0.15) is 35.6 Å². The third-order valence-electron chi connectivity index (χ3n) is 6.74. The fourth-order valence-electron chi connectivity index (χ4n) is 4.78. The maximum absolute atomic E-state index is 13.2. The van der Waals surface area contributed by atoms with Crippen LogP contribution in [0.5, 0.6) is 23.0 Å². The van der Waals surface area contributed by atoms with Gasteiger partial charge in [-0.25, -0.2) is 12.9 Å². The van der Waals surface area contributed by atoms with Gasteiger partial charge in [0.25, 0.3) is 5.91 Å². The highest BCUT2D eigenvalue weighted by molar-refractivity contribution is 7.85. The number of aromatic nitrogens is 2. The van der Waals surface area contributed by atoms with Gasteiger partial charge in [-0.05, 0) is 18.2 Å². The zero-order chi connectivity index (χ0) is 27.1. The number of carbonyl (C=O) groups excluding carboxylic acids is 1. The Morgan fingerprint density at radius 2 is 1.79 bits per heavy atom. The van der Waals surface area contributed by atoms with Crippen molar-refractivity contribution in [2.75, 3.05) is 58.6 Å². The lowest BCUT2D eigenvalue weighted by atomic mass is 10.2. The summed E-state index contributed by atoms with van der Waals surface area (Å²) in [5.41, 5.74) is 6.63. The Kier molecular flexibility index (Phi) is 6.63. The smallest absolute Gasteiger partial charge is 0.332 e. The van der Waals surface area contributed by atoms with E-state index in [9.17, 15) is 17.8 Å². The Hall–Kier alpha value is -3.88. The van der Waals surface area contributed by atoms with E-state index in [-0.39, 0.29) is 54.9 Å². The second kappa shape index (κ2) is 9.78. The lowest BCUT2D eigenvalue weighted by Crippen LogP contribution is -2.65. The summed E-state index contributed by atoms with van der Waals surface area (Å²) in [6.07, 6.45) is -0.844. The number of nitrogen functional groups attached to an aromatic ring is 1. The van der Waals surface area contributed by atoms with E-state index in [4.69, 9.17) is 24.7 Å². The molecule has 1 amide bonds. The molecule has 38 heavy (non-hydrogen) atoms. The largest absolute Gasteiger partial charge is 0.744 e. The molecule has 3 aromatic rings. The number of hydrogen-bond acceptors (Lipinski definition) is 11. The van der Waals surface area contributed by atoms with E-state index in [1.165, 1.54) is 14.2 Å². The fraction of sp³-hybridized carbons (Fsp3) is 0.375. The van der Waals surface area contributed by atoms with Crippen molar-refractivity contribution in [3.8, 4) is 23.0 Å². The van der Waals surface area contributed by atoms with Crippen molar-refractivity contribution >= 4 is 38.7 Å². The predicted octanol–water partition coefficient (Wildman–Crippen LogP) is 0.721. The summed E-state index contributed by atoms with van der Waals surface area (Å²) in [4.78, 5) is 23.7. The van der Waals surface area contributed by atoms with E-state index in [1.807, 2.05) is 6.07 Å². The fourth-order valence-corrected chi connectivity index (χ4v) is 5.76. The monoisotopic (exact) mass is 545 g/mol. The molecule has 0 spiro atoms. The van der Waals surface area contributed by atoms with Crippen LogP contribution in [0.2, 0.25) is 0 Å². The molecular weight excluding hydrogens is 518 g/mol. The van der Waals surface area contributed by atoms with Crippen LogP contribution in [0.3, 0.4) is 0 Å². The molecule has 14 heteroatoms. The zero-order valence-electron chi connectivity index (χ0n) is 20.8. The van der Waals surface area contributed by atoms with Gasteiger partial charge in [0.15, 0.2) is 28.9 Å². The number of anilines is 1. The second-order valence-electron chi connectivity index (χ2n) is 9.10. The van der Waals surface area contributed by atoms with Crippen LogP contribution in [-0.2, 0) is 14.9 Å². The number of amides is 1. The highest BCUT2D eigenvalue weighted by atomic mass is 32.2. The normalized spacial score (nSPS) is 18.7. The van der Waals surface area contributed by atoms with Gasteiger partial charge in [0, 0.05) is 11.5 Å². The van der Waals surface area contributed by atoms with Crippen LogP contribution in [0, 0.1) is 0 Å². The minimum atomic E-state index is -4.70. The number of piperazine rings is 1. The molecule has 2 aromatic carbocycles. The Bertz CT molecular complexity index is 1490. The summed E-state index contributed by atoms with van der Waals surface area (Å²) in [7, 11) is -1.74. The summed E-state index contributed by atoms with van der Waals surface area (Å²) in [5, 5.41) is 0.484. The lowest BCUT2D eigenvalue weighted by molar-refractivity contribution is -0.142. The molecule has 1 unspecified atom stereocenters. The summed E-state index contributed by atoms with van der Waals surface area (Å²) in [5.74, 6) is 0.950. The maximum Gasteiger partial charge on any atom is 0.332 e. The van der Waals surface area contributed by atoms with Gasteiger partial charge < -0.3 is 34.1 Å². The molecule has 1 saturated heterocycles. The predicted molar refractivity (Wildman–Crippen MR) is 136 cm³/mol. The minimum absolute atomic E-state index is 0.0525. The number of carbonyl (C=O) groups is 1. The first-order chi connectivity index (χ1) is 18.1. The van der Waals surface area contributed by atoms with Crippen molar-refractivity contribution < 1.29 is 36.7 Å². The zero-order valence-corrected chi connectivity index (χ0v) is 21.6. The molecule has 0 saturated carbocycles. The topological polar surface area (TPSA) is 166 Å². The third kappa shape index (κ3) is 4.85. The highest BCUT2D eigenvalue weighted by Crippen LogP contribution is 2.36. The Morgan fingerprint density at radius 3 is 2.45 bits per heavy atom. The average Bonchev–Trinajstić information content (AvgIpc) is 2.91. The highest BCUT2D eigenvalue weighted by Gasteiger charge is 2.43. The van der Waals surface area contributed by atoms with Crippen LogP contribution in [0.25, 0.3) is 10.9 Å². The summed E-state index contributed by atoms with van der Waals surface area (Å²) < 4.78 is 57.7. The van der Waals surface area contributed by atoms with E-state index in [0.29, 0.717) is 33.9 Å². The van der Waals surface area contributed by atoms with Crippen LogP contribution in [-0.4, -0.2) is 92.7 Å². The molecule has 1 atom stereocenters. The molecule has 2 aliphatic heterocycles. The quantitative estimate of drug-likeness (QED) is 0.342. The number of benzene rings is 2. The molecule has 0 bridgehead atoms. The van der Waals surface area contributed by atoms with Crippen molar-refractivity contribution in [2.45, 2.75) is 6.10 Å². The van der Waals surface area contributed by atoms with Crippen LogP contribution in [0.4, 0.5) is 11.8 Å². The van der Waals surface area contributed by atoms with Crippen molar-refractivity contribution in [2.24, 2.45) is 0 Å². The van der Waals surface area contributed by atoms with Crippen molar-refractivity contribution in [1.82, 2.24) is 19.4 Å². The first kappa shape index (κ1) is 25.8. The summed E-state index contributed by atoms with van der Waals surface area (Å²) in [6, 6.07) is 10.3. The Morgan fingerprint density at radius 1 is 1.13 bits per heavy atom. The first-order valence-corrected chi connectivity index (χ1v) is 13.4. The van der Waals surface area contributed by atoms with Gasteiger partial charge in [-0.3, -0.25) is 4.79 Å². The van der Waals surface area contributed by atoms with E-state index < -0.39 is 22.1 Å². The first-order valence-electron chi connectivity index (χ1n) is 11.8. The molecule has 2 aliphatic rings. The molecule has 5 rings (SSSR count). The van der Waals surface area contributed by atoms with Crippen LogP contribution < -0.4 is 29.2 Å². The van der Waals surface area contributed by atoms with Gasteiger partial charge in [-0.1, -0.05) is 12.1 Å². The van der Waals surface area contributed by atoms with E-state index in [1.54, 1.807) is 35.2 Å². The van der Waals surface area contributed by atoms with Gasteiger partial charge in [-0.15, -0.1) is 0 Å². The SMILES string of the molecule is COc1cc2nc([N+]3(CS(=O)(=O)[O-])CCN(C(=O)C4COc5ccccc5O4)CC3)nc(N)c2cc1OC. The molecular formula is C24H27N5O8S. The number of hydrogen-bond donors (Lipinski definition) is 1. The minimum Gasteiger partial charge on any atom is -0.744 e. The molecule has 1 fully saturated rings. The van der Waals surface area contributed by atoms with Gasteiger partial charge in [0.05, 0.1) is 32.8 Å². The summed E-state index contributed by atoms with van der Waals surface area (Å²) >= 11 is 0. The van der Waals surface area contributed by atoms with Crippen LogP contribution >= 0.6 is 0 Å². The second-order valence-corrected chi connectivity index (χ2v) is 10.5. The molecule has 0 radical (unpaired) electrons. The van der Waals surface area contributed by atoms with E-state index >= 15 is 0 Å². The van der Waals surface area contributed by atoms with Crippen LogP contribution in [0.15, 0.2) is 36.4 Å². The molecule has 2 N–H and O–H groups in total. The lowest BCUT2D eigenvalue weighted by Gasteiger charge is -2.43. The molecule has 1 aromatic heterocycles. The number of nitrogens with two attached hydrogens (primary N) is 1. The van der Waals surface area contributed by atoms with E-state index in [0.717, 1.165) is 0 Å². The molecule has 3 heterocycles. The third-order valence-corrected chi connectivity index (χ3v) is 7.55. The van der Waals surface area contributed by atoms with Gasteiger partial charge >= 0.3 is 5.95 Å². The van der Waals surface area contributed by atoms with Crippen molar-refractivity contribution in [1.29, 1.82) is 0 Å². The molecule has 0 aliphatic carbocycles. The number of methoxy groups -OCH3 is 2. The Balaban J connectivity index is 1.43. The Labute approximate surface area is 219 Å². The number of fused-ring (bicyclic) bond motifs is 2. The maximum atomic E-state index is 13.2. The van der Waals surface area contributed by atoms with Crippen molar-refractivity contribution in [3.63, 3.8) is 0 Å². The number of nitrogens with zero attached hydrogens (tertiary/aromatic N) is 4. The molecule has 202 valence electrons. The number of ether oxygens (including phenoxy) is 4. The van der Waals surface area contributed by atoms with Crippen molar-refractivity contribution in [3.05, 3.63) is 36.4 Å². The number of quaternary nitrogens is 1. The summed E-state index contributed by atoms with van der Waals surface area (Å²) in [6.45, 7) is 0.494.